The van der Waals surface area contributed by atoms with Crippen LogP contribution in [0.25, 0.3) is 0 Å². The molecule has 1 atom stereocenters. The molecule has 6 heteroatoms. The van der Waals surface area contributed by atoms with Gasteiger partial charge in [0.25, 0.3) is 0 Å². The monoisotopic (exact) mass is 725 g/mol. The van der Waals surface area contributed by atoms with Crippen LogP contribution in [0.5, 0.6) is 0 Å². The van der Waals surface area contributed by atoms with Crippen LogP contribution in [0.3, 0.4) is 0 Å². The van der Waals surface area contributed by atoms with Crippen LogP contribution >= 0.6 is 0 Å². The van der Waals surface area contributed by atoms with Gasteiger partial charge in [0.05, 0.1) is 12.2 Å². The molecule has 2 heterocycles. The van der Waals surface area contributed by atoms with Gasteiger partial charge in [-0.3, -0.25) is 0 Å². The molecule has 2 aliphatic rings. The minimum atomic E-state index is -0.462. The Kier molecular flexibility index (Phi) is 26.7. The second kappa shape index (κ2) is 30.2. The summed E-state index contributed by atoms with van der Waals surface area (Å²) in [6, 6.07) is 0. The number of nitrogens with zero attached hydrogens (tertiary/aromatic N) is 2. The Morgan fingerprint density at radius 3 is 1.67 bits per heavy atom. The van der Waals surface area contributed by atoms with Gasteiger partial charge in [0.15, 0.2) is 5.79 Å². The number of likely N-dealkylation sites (N-methyl/N-ethyl adjacent to an activating group) is 1. The summed E-state index contributed by atoms with van der Waals surface area (Å²) in [5.41, 5.74) is -0.269. The predicted octanol–water partition coefficient (Wildman–Crippen LogP) is 12.7. The molecule has 2 fully saturated rings. The van der Waals surface area contributed by atoms with Crippen LogP contribution < -0.4 is 0 Å². The van der Waals surface area contributed by atoms with Crippen LogP contribution in [-0.4, -0.2) is 74.2 Å². The number of allylic oxidation sites excluding steroid dienone is 10. The van der Waals surface area contributed by atoms with Gasteiger partial charge in [-0.25, -0.2) is 4.79 Å². The van der Waals surface area contributed by atoms with Crippen LogP contribution in [0.2, 0.25) is 0 Å². The summed E-state index contributed by atoms with van der Waals surface area (Å²) in [7, 11) is 3.98. The summed E-state index contributed by atoms with van der Waals surface area (Å²) in [6.07, 6.45) is 50.7. The molecule has 0 aromatic rings. The minimum absolute atomic E-state index is 0.197. The maximum absolute atomic E-state index is 12.6. The van der Waals surface area contributed by atoms with Crippen molar-refractivity contribution in [2.24, 2.45) is 0 Å². The number of rotatable bonds is 30. The number of unbranched alkanes of at least 4 members (excludes halogenated alkanes) is 14. The topological polar surface area (TPSA) is 51.2 Å². The van der Waals surface area contributed by atoms with Crippen LogP contribution in [-0.2, 0) is 14.2 Å². The first kappa shape index (κ1) is 46.0. The standard InChI is InChI=1S/C46H80N2O4/c1-5-7-9-11-13-15-17-19-21-23-25-27-29-31-33-35-46(36-34-32-30-28-26-24-22-20-18-16-14-12-10-8-6-2)51-43-45(52-46)37-39-48(40-38-45)44(49)50-42-41-47(3)4/h5,7,11-14,17-20H,6,8-10,15-16,21-43H2,1-4H3/b7-5-,13-11-,14-12-,19-17-,20-18-. The Bertz CT molecular complexity index is 1020. The van der Waals surface area contributed by atoms with Crippen molar-refractivity contribution in [2.45, 2.75) is 179 Å². The molecule has 0 bridgehead atoms. The Hall–Kier alpha value is -2.15. The highest BCUT2D eigenvalue weighted by molar-refractivity contribution is 5.67. The van der Waals surface area contributed by atoms with Gasteiger partial charge in [-0.15, -0.1) is 0 Å². The summed E-state index contributed by atoms with van der Waals surface area (Å²) in [4.78, 5) is 16.5. The molecule has 52 heavy (non-hydrogen) atoms. The van der Waals surface area contributed by atoms with Crippen molar-refractivity contribution in [2.75, 3.05) is 46.9 Å². The predicted molar refractivity (Wildman–Crippen MR) is 222 cm³/mol. The zero-order chi connectivity index (χ0) is 37.4. The number of piperidine rings is 1. The van der Waals surface area contributed by atoms with E-state index in [0.717, 1.165) is 64.3 Å². The smallest absolute Gasteiger partial charge is 0.409 e. The van der Waals surface area contributed by atoms with E-state index in [1.54, 1.807) is 0 Å². The molecule has 1 spiro atoms. The number of amides is 1. The molecule has 2 rings (SSSR count). The molecule has 0 aromatic heterocycles. The first-order valence-electron chi connectivity index (χ1n) is 21.6. The van der Waals surface area contributed by atoms with E-state index in [0.29, 0.717) is 26.3 Å². The van der Waals surface area contributed by atoms with Crippen molar-refractivity contribution in [3.63, 3.8) is 0 Å². The van der Waals surface area contributed by atoms with Crippen molar-refractivity contribution in [1.29, 1.82) is 0 Å². The van der Waals surface area contributed by atoms with Crippen LogP contribution in [0.15, 0.2) is 60.8 Å². The van der Waals surface area contributed by atoms with Gasteiger partial charge in [-0.05, 0) is 98.1 Å². The average Bonchev–Trinajstić information content (AvgIpc) is 3.48. The number of hydrogen-bond acceptors (Lipinski definition) is 5. The summed E-state index contributed by atoms with van der Waals surface area (Å²) >= 11 is 0. The third-order valence-corrected chi connectivity index (χ3v) is 10.5. The van der Waals surface area contributed by atoms with E-state index in [1.165, 1.54) is 96.3 Å². The fraction of sp³-hybridized carbons (Fsp3) is 0.761. The van der Waals surface area contributed by atoms with Crippen LogP contribution in [0.4, 0.5) is 4.79 Å². The van der Waals surface area contributed by atoms with E-state index in [4.69, 9.17) is 14.2 Å². The van der Waals surface area contributed by atoms with Gasteiger partial charge in [0.1, 0.15) is 6.61 Å². The number of carbonyl (C=O) groups excluding carboxylic acids is 1. The molecule has 0 aliphatic carbocycles. The minimum Gasteiger partial charge on any atom is -0.448 e. The summed E-state index contributed by atoms with van der Waals surface area (Å²) < 4.78 is 19.2. The number of ether oxygens (including phenoxy) is 3. The summed E-state index contributed by atoms with van der Waals surface area (Å²) in [6.45, 7) is 7.48. The molecule has 6 nitrogen and oxygen atoms in total. The molecule has 1 unspecified atom stereocenters. The SMILES string of the molecule is C/C=C\C/C=C\C/C=C\CCCCCCCCC1(CCCCCCCC/C=C\C/C=C\CCCC)OCC2(CCN(C(=O)OCCN(C)C)CC2)O1. The summed E-state index contributed by atoms with van der Waals surface area (Å²) in [5.74, 6) is -0.462. The molecule has 2 aliphatic heterocycles. The van der Waals surface area contributed by atoms with Gasteiger partial charge in [0, 0.05) is 32.5 Å². The van der Waals surface area contributed by atoms with Crippen molar-refractivity contribution in [3.05, 3.63) is 60.8 Å². The van der Waals surface area contributed by atoms with Gasteiger partial charge in [-0.2, -0.15) is 0 Å². The molecule has 1 amide bonds. The Labute approximate surface area is 321 Å². The van der Waals surface area contributed by atoms with E-state index in [2.05, 4.69) is 74.6 Å². The summed E-state index contributed by atoms with van der Waals surface area (Å²) in [5, 5.41) is 0. The molecule has 2 saturated heterocycles. The third-order valence-electron chi connectivity index (χ3n) is 10.5. The lowest BCUT2D eigenvalue weighted by molar-refractivity contribution is -0.203. The maximum Gasteiger partial charge on any atom is 0.409 e. The molecule has 0 saturated carbocycles. The number of hydrogen-bond donors (Lipinski definition) is 0. The molecule has 298 valence electrons. The van der Waals surface area contributed by atoms with E-state index in [-0.39, 0.29) is 11.7 Å². The lowest BCUT2D eigenvalue weighted by atomic mass is 9.92. The highest BCUT2D eigenvalue weighted by Gasteiger charge is 2.51. The molecule has 0 radical (unpaired) electrons. The second-order valence-corrected chi connectivity index (χ2v) is 15.5. The first-order chi connectivity index (χ1) is 25.4. The quantitative estimate of drug-likeness (QED) is 0.0545. The molecular weight excluding hydrogens is 645 g/mol. The highest BCUT2D eigenvalue weighted by atomic mass is 16.8. The lowest BCUT2D eigenvalue weighted by Gasteiger charge is -2.39. The molecular formula is C46H80N2O4. The normalized spacial score (nSPS) is 19.4. The van der Waals surface area contributed by atoms with Crippen molar-refractivity contribution in [1.82, 2.24) is 9.80 Å². The van der Waals surface area contributed by atoms with Crippen molar-refractivity contribution < 1.29 is 19.0 Å². The Morgan fingerprint density at radius 1 is 0.673 bits per heavy atom. The van der Waals surface area contributed by atoms with E-state index >= 15 is 0 Å². The zero-order valence-corrected chi connectivity index (χ0v) is 34.3. The number of likely N-dealkylation sites (tertiary alicyclic amines) is 1. The van der Waals surface area contributed by atoms with Crippen molar-refractivity contribution >= 4 is 6.09 Å². The maximum atomic E-state index is 12.6. The molecule has 0 aromatic carbocycles. The fourth-order valence-electron chi connectivity index (χ4n) is 7.09. The first-order valence-corrected chi connectivity index (χ1v) is 21.6. The van der Waals surface area contributed by atoms with E-state index < -0.39 is 5.79 Å². The Morgan fingerprint density at radius 2 is 1.15 bits per heavy atom. The average molecular weight is 725 g/mol. The molecule has 0 N–H and O–H groups in total. The Balaban J connectivity index is 1.71. The van der Waals surface area contributed by atoms with Gasteiger partial charge in [-0.1, -0.05) is 132 Å². The van der Waals surface area contributed by atoms with E-state index in [1.807, 2.05) is 23.9 Å². The fourth-order valence-corrected chi connectivity index (χ4v) is 7.09. The largest absolute Gasteiger partial charge is 0.448 e. The highest BCUT2D eigenvalue weighted by Crippen LogP contribution is 2.44. The number of carbonyl (C=O) groups is 1. The van der Waals surface area contributed by atoms with Gasteiger partial charge in [0.2, 0.25) is 0 Å². The van der Waals surface area contributed by atoms with Crippen LogP contribution in [0, 0.1) is 0 Å². The van der Waals surface area contributed by atoms with Gasteiger partial charge < -0.3 is 24.0 Å². The third kappa shape index (κ3) is 22.2. The second-order valence-electron chi connectivity index (χ2n) is 15.5. The van der Waals surface area contributed by atoms with Crippen molar-refractivity contribution in [3.8, 4) is 0 Å². The zero-order valence-electron chi connectivity index (χ0n) is 34.3. The van der Waals surface area contributed by atoms with Crippen LogP contribution in [0.1, 0.15) is 168 Å². The lowest BCUT2D eigenvalue weighted by Crippen LogP contribution is -2.49. The van der Waals surface area contributed by atoms with Gasteiger partial charge >= 0.3 is 6.09 Å². The van der Waals surface area contributed by atoms with E-state index in [9.17, 15) is 4.79 Å².